The van der Waals surface area contributed by atoms with Crippen LogP contribution in [0.4, 0.5) is 5.82 Å². The maximum Gasteiger partial charge on any atom is 0.333 e. The molecular formula is C22H23ClN4O6S2. The molecule has 0 spiro atoms. The van der Waals surface area contributed by atoms with Crippen molar-refractivity contribution in [2.45, 2.75) is 31.6 Å². The standard InChI is InChI=1S/C22H23ClN4O6S2/c23-17-3-1-2-4-19(17)32-9-13-5-20(34-11-13)21(29)16-8-25-12-26-22(16)27-15-6-14(18(28)7-15)10-33-35(24,30)31/h1-5,8,11-12,14-15,18,28H,6-7,9-10H2,(H2,24,30,31)(H,25,26,27)/t14-,15-,18+/m1/s1. The zero-order chi connectivity index (χ0) is 25.0. The fourth-order valence-electron chi connectivity index (χ4n) is 3.81. The fraction of sp³-hybridized carbons (Fsp3) is 0.318. The number of rotatable bonds is 10. The molecule has 0 aliphatic heterocycles. The van der Waals surface area contributed by atoms with E-state index in [4.69, 9.17) is 21.5 Å². The second kappa shape index (κ2) is 11.0. The molecule has 1 aliphatic rings. The molecule has 3 aromatic rings. The Balaban J connectivity index is 1.41. The Morgan fingerprint density at radius 1 is 1.31 bits per heavy atom. The number of aliphatic hydroxyl groups excluding tert-OH is 1. The third-order valence-corrected chi connectivity index (χ3v) is 7.26. The molecule has 0 saturated heterocycles. The van der Waals surface area contributed by atoms with Gasteiger partial charge in [0, 0.05) is 23.7 Å². The van der Waals surface area contributed by atoms with Gasteiger partial charge in [-0.25, -0.2) is 15.1 Å². The smallest absolute Gasteiger partial charge is 0.333 e. The Hall–Kier alpha value is -2.61. The number of ketones is 1. The zero-order valence-electron chi connectivity index (χ0n) is 18.3. The Labute approximate surface area is 211 Å². The van der Waals surface area contributed by atoms with Gasteiger partial charge in [0.2, 0.25) is 5.78 Å². The van der Waals surface area contributed by atoms with E-state index in [9.17, 15) is 18.3 Å². The number of hydrogen-bond acceptors (Lipinski definition) is 10. The number of hydrogen-bond donors (Lipinski definition) is 3. The Kier molecular flexibility index (Phi) is 7.99. The minimum absolute atomic E-state index is 0.220. The second-order valence-corrected chi connectivity index (χ2v) is 10.6. The van der Waals surface area contributed by atoms with Gasteiger partial charge < -0.3 is 15.2 Å². The maximum absolute atomic E-state index is 13.2. The van der Waals surface area contributed by atoms with Gasteiger partial charge in [0.1, 0.15) is 24.5 Å². The fourth-order valence-corrected chi connectivity index (χ4v) is 5.22. The highest BCUT2D eigenvalue weighted by molar-refractivity contribution is 7.84. The molecule has 0 bridgehead atoms. The number of nitrogens with two attached hydrogens (primary N) is 1. The molecule has 0 amide bonds. The van der Waals surface area contributed by atoms with Crippen molar-refractivity contribution in [1.82, 2.24) is 9.97 Å². The summed E-state index contributed by atoms with van der Waals surface area (Å²) in [5.41, 5.74) is 1.10. The highest BCUT2D eigenvalue weighted by atomic mass is 35.5. The maximum atomic E-state index is 13.2. The molecule has 1 fully saturated rings. The van der Waals surface area contributed by atoms with Crippen molar-refractivity contribution in [3.63, 3.8) is 0 Å². The molecule has 2 aromatic heterocycles. The van der Waals surface area contributed by atoms with E-state index in [1.807, 2.05) is 17.5 Å². The van der Waals surface area contributed by atoms with Crippen LogP contribution in [0.3, 0.4) is 0 Å². The van der Waals surface area contributed by atoms with E-state index in [1.54, 1.807) is 18.2 Å². The first-order valence-electron chi connectivity index (χ1n) is 10.6. The van der Waals surface area contributed by atoms with Crippen molar-refractivity contribution in [1.29, 1.82) is 0 Å². The number of benzene rings is 1. The number of anilines is 1. The van der Waals surface area contributed by atoms with Crippen molar-refractivity contribution in [2.24, 2.45) is 11.1 Å². The topological polar surface area (TPSA) is 154 Å². The van der Waals surface area contributed by atoms with Crippen LogP contribution in [0.1, 0.15) is 33.6 Å². The van der Waals surface area contributed by atoms with E-state index >= 15 is 0 Å². The van der Waals surface area contributed by atoms with Gasteiger partial charge in [-0.3, -0.25) is 8.98 Å². The molecule has 1 aliphatic carbocycles. The van der Waals surface area contributed by atoms with E-state index in [1.165, 1.54) is 23.9 Å². The van der Waals surface area contributed by atoms with Crippen molar-refractivity contribution in [3.8, 4) is 5.75 Å². The van der Waals surface area contributed by atoms with Crippen molar-refractivity contribution in [2.75, 3.05) is 11.9 Å². The number of carbonyl (C=O) groups excluding carboxylic acids is 1. The number of aliphatic hydroxyl groups is 1. The predicted octanol–water partition coefficient (Wildman–Crippen LogP) is 2.77. The SMILES string of the molecule is NS(=O)(=O)OC[C@H]1C[C@@H](Nc2ncncc2C(=O)c2cc(COc3ccccc3Cl)cs2)C[C@@H]1O. The normalized spacial score (nSPS) is 20.0. The average molecular weight is 539 g/mol. The summed E-state index contributed by atoms with van der Waals surface area (Å²) in [6, 6.07) is 8.65. The van der Waals surface area contributed by atoms with Crippen LogP contribution >= 0.6 is 22.9 Å². The van der Waals surface area contributed by atoms with Gasteiger partial charge in [0.15, 0.2) is 0 Å². The summed E-state index contributed by atoms with van der Waals surface area (Å²) >= 11 is 7.40. The summed E-state index contributed by atoms with van der Waals surface area (Å²) in [4.78, 5) is 21.9. The van der Waals surface area contributed by atoms with E-state index in [2.05, 4.69) is 19.5 Å². The molecule has 4 rings (SSSR count). The average Bonchev–Trinajstić information content (AvgIpc) is 3.43. The summed E-state index contributed by atoms with van der Waals surface area (Å²) in [7, 11) is -4.09. The minimum atomic E-state index is -4.09. The van der Waals surface area contributed by atoms with Gasteiger partial charge in [-0.2, -0.15) is 8.42 Å². The minimum Gasteiger partial charge on any atom is -0.487 e. The Morgan fingerprint density at radius 2 is 2.11 bits per heavy atom. The lowest BCUT2D eigenvalue weighted by atomic mass is 10.1. The van der Waals surface area contributed by atoms with Crippen molar-refractivity contribution >= 4 is 44.8 Å². The summed E-state index contributed by atoms with van der Waals surface area (Å²) < 4.78 is 32.5. The molecule has 0 unspecified atom stereocenters. The van der Waals surface area contributed by atoms with E-state index in [-0.39, 0.29) is 30.6 Å². The molecule has 1 aromatic carbocycles. The quantitative estimate of drug-likeness (QED) is 0.330. The number of halogens is 1. The third kappa shape index (κ3) is 6.75. The van der Waals surface area contributed by atoms with Crippen LogP contribution in [0.25, 0.3) is 0 Å². The Bertz CT molecular complexity index is 1300. The number of nitrogens with zero attached hydrogens (tertiary/aromatic N) is 2. The van der Waals surface area contributed by atoms with Gasteiger partial charge in [-0.1, -0.05) is 23.7 Å². The van der Waals surface area contributed by atoms with E-state index in [0.717, 1.165) is 5.56 Å². The summed E-state index contributed by atoms with van der Waals surface area (Å²) in [5, 5.41) is 20.7. The highest BCUT2D eigenvalue weighted by Gasteiger charge is 2.34. The zero-order valence-corrected chi connectivity index (χ0v) is 20.7. The van der Waals surface area contributed by atoms with Crippen LogP contribution < -0.4 is 15.2 Å². The monoisotopic (exact) mass is 538 g/mol. The van der Waals surface area contributed by atoms with Gasteiger partial charge in [-0.05, 0) is 36.4 Å². The van der Waals surface area contributed by atoms with Gasteiger partial charge in [0.05, 0.1) is 28.2 Å². The van der Waals surface area contributed by atoms with Crippen LogP contribution in [0.2, 0.25) is 5.02 Å². The highest BCUT2D eigenvalue weighted by Crippen LogP contribution is 2.31. The Morgan fingerprint density at radius 3 is 2.89 bits per heavy atom. The van der Waals surface area contributed by atoms with Crippen molar-refractivity contribution < 1.29 is 27.2 Å². The number of thiophene rings is 1. The number of ether oxygens (including phenoxy) is 1. The lowest BCUT2D eigenvalue weighted by Gasteiger charge is -2.15. The van der Waals surface area contributed by atoms with Crippen LogP contribution in [-0.4, -0.2) is 48.0 Å². The lowest BCUT2D eigenvalue weighted by molar-refractivity contribution is 0.101. The lowest BCUT2D eigenvalue weighted by Crippen LogP contribution is -2.24. The first-order chi connectivity index (χ1) is 16.7. The molecule has 0 radical (unpaired) electrons. The number of aromatic nitrogens is 2. The largest absolute Gasteiger partial charge is 0.487 e. The summed E-state index contributed by atoms with van der Waals surface area (Å²) in [6.07, 6.45) is 2.72. The van der Waals surface area contributed by atoms with Crippen LogP contribution in [0.15, 0.2) is 48.2 Å². The number of carbonyl (C=O) groups is 1. The number of para-hydroxylation sites is 1. The third-order valence-electron chi connectivity index (χ3n) is 5.51. The predicted molar refractivity (Wildman–Crippen MR) is 131 cm³/mol. The second-order valence-electron chi connectivity index (χ2n) is 8.07. The molecule has 1 saturated carbocycles. The molecule has 4 N–H and O–H groups in total. The first kappa shape index (κ1) is 25.5. The first-order valence-corrected chi connectivity index (χ1v) is 13.3. The summed E-state index contributed by atoms with van der Waals surface area (Å²) in [6.45, 7) is 0.0355. The summed E-state index contributed by atoms with van der Waals surface area (Å²) in [5.74, 6) is 0.208. The number of nitrogens with one attached hydrogen (secondary N) is 1. The van der Waals surface area contributed by atoms with Gasteiger partial charge >= 0.3 is 10.3 Å². The molecule has 35 heavy (non-hydrogen) atoms. The van der Waals surface area contributed by atoms with Crippen molar-refractivity contribution in [3.05, 3.63) is 69.3 Å². The molecular weight excluding hydrogens is 516 g/mol. The van der Waals surface area contributed by atoms with Crippen LogP contribution in [-0.2, 0) is 21.1 Å². The molecule has 3 atom stereocenters. The van der Waals surface area contributed by atoms with Crippen LogP contribution in [0, 0.1) is 5.92 Å². The molecule has 2 heterocycles. The molecule has 186 valence electrons. The molecule has 10 nitrogen and oxygen atoms in total. The van der Waals surface area contributed by atoms with E-state index in [0.29, 0.717) is 34.3 Å². The van der Waals surface area contributed by atoms with Gasteiger partial charge in [-0.15, -0.1) is 11.3 Å². The van der Waals surface area contributed by atoms with Gasteiger partial charge in [0.25, 0.3) is 0 Å². The van der Waals surface area contributed by atoms with Crippen LogP contribution in [0.5, 0.6) is 5.75 Å². The van der Waals surface area contributed by atoms with E-state index < -0.39 is 22.3 Å². The molecule has 13 heteroatoms.